The van der Waals surface area contributed by atoms with Gasteiger partial charge in [0.25, 0.3) is 0 Å². The molecule has 7 heteroatoms. The summed E-state index contributed by atoms with van der Waals surface area (Å²) in [4.78, 5) is 19.0. The van der Waals surface area contributed by atoms with Gasteiger partial charge in [0.1, 0.15) is 5.75 Å². The van der Waals surface area contributed by atoms with E-state index < -0.39 is 5.97 Å². The Balaban J connectivity index is 2.30. The van der Waals surface area contributed by atoms with Crippen molar-refractivity contribution in [1.82, 2.24) is 9.97 Å². The molecule has 0 amide bonds. The van der Waals surface area contributed by atoms with Crippen LogP contribution in [0.5, 0.6) is 5.75 Å². The Labute approximate surface area is 124 Å². The Bertz CT molecular complexity index is 661. The number of aromatic nitrogens is 2. The van der Waals surface area contributed by atoms with E-state index in [1.807, 2.05) is 0 Å². The van der Waals surface area contributed by atoms with Crippen LogP contribution >= 0.6 is 15.9 Å². The third-order valence-corrected chi connectivity index (χ3v) is 3.10. The van der Waals surface area contributed by atoms with Crippen molar-refractivity contribution in [3.8, 4) is 5.75 Å². The van der Waals surface area contributed by atoms with E-state index in [4.69, 9.17) is 9.84 Å². The number of nitrogens with one attached hydrogen (secondary N) is 1. The molecule has 0 bridgehead atoms. The minimum Gasteiger partial charge on any atom is -0.496 e. The summed E-state index contributed by atoms with van der Waals surface area (Å²) in [6.45, 7) is 1.71. The highest BCUT2D eigenvalue weighted by Crippen LogP contribution is 2.28. The summed E-state index contributed by atoms with van der Waals surface area (Å²) in [5.41, 5.74) is 1.25. The molecule has 2 N–H and O–H groups in total. The molecule has 0 aliphatic heterocycles. The first-order valence-electron chi connectivity index (χ1n) is 5.69. The summed E-state index contributed by atoms with van der Waals surface area (Å²) in [6.07, 6.45) is 0. The van der Waals surface area contributed by atoms with Crippen molar-refractivity contribution < 1.29 is 14.6 Å². The Hall–Kier alpha value is -2.15. The lowest BCUT2D eigenvalue weighted by Gasteiger charge is -2.09. The molecule has 0 unspecified atom stereocenters. The van der Waals surface area contributed by atoms with Gasteiger partial charge in [0, 0.05) is 11.4 Å². The predicted octanol–water partition coefficient (Wildman–Crippen LogP) is 3.00. The molecule has 104 valence electrons. The molecular weight excluding hydrogens is 326 g/mol. The van der Waals surface area contributed by atoms with E-state index in [2.05, 4.69) is 31.2 Å². The second-order valence-corrected chi connectivity index (χ2v) is 4.85. The van der Waals surface area contributed by atoms with Gasteiger partial charge < -0.3 is 15.2 Å². The first kappa shape index (κ1) is 14.3. The van der Waals surface area contributed by atoms with Crippen molar-refractivity contribution in [3.05, 3.63) is 40.1 Å². The fraction of sp³-hybridized carbons (Fsp3) is 0.154. The molecule has 2 rings (SSSR count). The average molecular weight is 338 g/mol. The number of carboxylic acids is 1. The minimum absolute atomic E-state index is 0.0485. The Morgan fingerprint density at radius 2 is 2.10 bits per heavy atom. The molecule has 20 heavy (non-hydrogen) atoms. The molecule has 1 aromatic heterocycles. The van der Waals surface area contributed by atoms with Crippen molar-refractivity contribution in [2.75, 3.05) is 12.4 Å². The van der Waals surface area contributed by atoms with Crippen molar-refractivity contribution in [2.24, 2.45) is 0 Å². The quantitative estimate of drug-likeness (QED) is 0.892. The molecule has 6 nitrogen and oxygen atoms in total. The van der Waals surface area contributed by atoms with Crippen LogP contribution in [0.2, 0.25) is 0 Å². The number of nitrogens with zero attached hydrogens (tertiary/aromatic N) is 2. The lowest BCUT2D eigenvalue weighted by Crippen LogP contribution is -2.06. The Morgan fingerprint density at radius 1 is 1.35 bits per heavy atom. The summed E-state index contributed by atoms with van der Waals surface area (Å²) < 4.78 is 5.91. The lowest BCUT2D eigenvalue weighted by molar-refractivity contribution is 0.0690. The number of rotatable bonds is 4. The van der Waals surface area contributed by atoms with Gasteiger partial charge in [0.15, 0.2) is 5.69 Å². The van der Waals surface area contributed by atoms with Crippen LogP contribution in [0.15, 0.2) is 28.7 Å². The molecule has 1 heterocycles. The molecule has 0 atom stereocenters. The van der Waals surface area contributed by atoms with Crippen LogP contribution in [-0.4, -0.2) is 28.2 Å². The van der Waals surface area contributed by atoms with E-state index in [1.54, 1.807) is 32.2 Å². The fourth-order valence-corrected chi connectivity index (χ4v) is 2.15. The maximum absolute atomic E-state index is 11.0. The number of methoxy groups -OCH3 is 1. The first-order chi connectivity index (χ1) is 9.49. The highest BCUT2D eigenvalue weighted by Gasteiger charge is 2.09. The zero-order valence-electron chi connectivity index (χ0n) is 10.8. The second kappa shape index (κ2) is 5.87. The summed E-state index contributed by atoms with van der Waals surface area (Å²) in [5, 5.41) is 11.9. The first-order valence-corrected chi connectivity index (χ1v) is 6.48. The van der Waals surface area contributed by atoms with Crippen molar-refractivity contribution in [1.29, 1.82) is 0 Å². The smallest absolute Gasteiger partial charge is 0.354 e. The molecule has 0 aliphatic rings. The molecule has 0 spiro atoms. The monoisotopic (exact) mass is 337 g/mol. The van der Waals surface area contributed by atoms with Gasteiger partial charge in [0.2, 0.25) is 5.95 Å². The number of aromatic carboxylic acids is 1. The maximum Gasteiger partial charge on any atom is 0.354 e. The summed E-state index contributed by atoms with van der Waals surface area (Å²) in [5.74, 6) is -0.152. The average Bonchev–Trinajstić information content (AvgIpc) is 2.38. The molecule has 2 aromatic rings. The van der Waals surface area contributed by atoms with Crippen LogP contribution in [0, 0.1) is 6.92 Å². The van der Waals surface area contributed by atoms with Gasteiger partial charge in [-0.05, 0) is 47.1 Å². The van der Waals surface area contributed by atoms with Gasteiger partial charge in [-0.25, -0.2) is 14.8 Å². The SMILES string of the molecule is COc1ccc(Nc2nc(C)cc(C(=O)O)n2)cc1Br. The van der Waals surface area contributed by atoms with Crippen LogP contribution in [-0.2, 0) is 0 Å². The normalized spacial score (nSPS) is 10.2. The molecule has 0 saturated heterocycles. The van der Waals surface area contributed by atoms with Crippen LogP contribution < -0.4 is 10.1 Å². The predicted molar refractivity (Wildman–Crippen MR) is 77.7 cm³/mol. The minimum atomic E-state index is -1.09. The molecular formula is C13H12BrN3O3. The number of hydrogen-bond donors (Lipinski definition) is 2. The highest BCUT2D eigenvalue weighted by atomic mass is 79.9. The van der Waals surface area contributed by atoms with Gasteiger partial charge in [-0.1, -0.05) is 0 Å². The van der Waals surface area contributed by atoms with Crippen LogP contribution in [0.25, 0.3) is 0 Å². The van der Waals surface area contributed by atoms with Crippen molar-refractivity contribution in [3.63, 3.8) is 0 Å². The van der Waals surface area contributed by atoms with Crippen molar-refractivity contribution in [2.45, 2.75) is 6.92 Å². The number of ether oxygens (including phenoxy) is 1. The second-order valence-electron chi connectivity index (χ2n) is 4.00. The summed E-state index contributed by atoms with van der Waals surface area (Å²) in [6, 6.07) is 6.78. The molecule has 0 radical (unpaired) electrons. The lowest BCUT2D eigenvalue weighted by atomic mass is 10.3. The largest absolute Gasteiger partial charge is 0.496 e. The van der Waals surface area contributed by atoms with E-state index in [1.165, 1.54) is 6.07 Å². The Morgan fingerprint density at radius 3 is 2.70 bits per heavy atom. The summed E-state index contributed by atoms with van der Waals surface area (Å²) >= 11 is 3.37. The molecule has 1 aromatic carbocycles. The third kappa shape index (κ3) is 3.24. The number of hydrogen-bond acceptors (Lipinski definition) is 5. The van der Waals surface area contributed by atoms with Gasteiger partial charge in [0.05, 0.1) is 11.6 Å². The summed E-state index contributed by atoms with van der Waals surface area (Å²) in [7, 11) is 1.58. The zero-order valence-corrected chi connectivity index (χ0v) is 12.4. The molecule has 0 saturated carbocycles. The Kier molecular flexibility index (Phi) is 4.19. The van der Waals surface area contributed by atoms with Gasteiger partial charge in [-0.3, -0.25) is 0 Å². The van der Waals surface area contributed by atoms with Crippen molar-refractivity contribution >= 4 is 33.5 Å². The number of halogens is 1. The fourth-order valence-electron chi connectivity index (χ4n) is 1.61. The number of carbonyl (C=O) groups is 1. The van der Waals surface area contributed by atoms with E-state index in [0.29, 0.717) is 11.4 Å². The van der Waals surface area contributed by atoms with Crippen LogP contribution in [0.3, 0.4) is 0 Å². The molecule has 0 fully saturated rings. The van der Waals surface area contributed by atoms with E-state index >= 15 is 0 Å². The van der Waals surface area contributed by atoms with E-state index in [9.17, 15) is 4.79 Å². The van der Waals surface area contributed by atoms with Crippen LogP contribution in [0.1, 0.15) is 16.2 Å². The number of aryl methyl sites for hydroxylation is 1. The van der Waals surface area contributed by atoms with Gasteiger partial charge in [-0.15, -0.1) is 0 Å². The van der Waals surface area contributed by atoms with Gasteiger partial charge in [-0.2, -0.15) is 0 Å². The van der Waals surface area contributed by atoms with Crippen LogP contribution in [0.4, 0.5) is 11.6 Å². The number of carboxylic acid groups (broad SMARTS) is 1. The number of anilines is 2. The standard InChI is InChI=1S/C13H12BrN3O3/c1-7-5-10(12(18)19)17-13(15-7)16-8-3-4-11(20-2)9(14)6-8/h3-6H,1-2H3,(H,18,19)(H,15,16,17). The third-order valence-electron chi connectivity index (χ3n) is 2.48. The van der Waals surface area contributed by atoms with Gasteiger partial charge >= 0.3 is 5.97 Å². The topological polar surface area (TPSA) is 84.3 Å². The highest BCUT2D eigenvalue weighted by molar-refractivity contribution is 9.10. The maximum atomic E-state index is 11.0. The number of benzene rings is 1. The van der Waals surface area contributed by atoms with E-state index in [-0.39, 0.29) is 11.6 Å². The molecule has 0 aliphatic carbocycles. The zero-order chi connectivity index (χ0) is 14.7. The van der Waals surface area contributed by atoms with E-state index in [0.717, 1.165) is 10.2 Å².